The van der Waals surface area contributed by atoms with Crippen molar-refractivity contribution >= 4 is 17.2 Å². The number of nitrogens with one attached hydrogen (secondary N) is 1. The highest BCUT2D eigenvalue weighted by molar-refractivity contribution is 7.09. The van der Waals surface area contributed by atoms with Gasteiger partial charge in [0, 0.05) is 30.4 Å². The Morgan fingerprint density at radius 1 is 1.45 bits per heavy atom. The Morgan fingerprint density at radius 2 is 2.25 bits per heavy atom. The molecule has 0 aromatic carbocycles. The molecule has 4 nitrogen and oxygen atoms in total. The molecule has 2 fully saturated rings. The minimum absolute atomic E-state index is 0.146. The molecule has 2 atom stereocenters. The van der Waals surface area contributed by atoms with Gasteiger partial charge >= 0.3 is 0 Å². The fraction of sp³-hybridized carbons (Fsp3) is 0.733. The third-order valence-electron chi connectivity index (χ3n) is 4.24. The van der Waals surface area contributed by atoms with Crippen molar-refractivity contribution in [2.45, 2.75) is 51.6 Å². The summed E-state index contributed by atoms with van der Waals surface area (Å²) >= 11 is 1.62. The predicted octanol–water partition coefficient (Wildman–Crippen LogP) is 2.31. The maximum Gasteiger partial charge on any atom is 0.273 e. The van der Waals surface area contributed by atoms with Gasteiger partial charge in [0.25, 0.3) is 5.91 Å². The van der Waals surface area contributed by atoms with Crippen molar-refractivity contribution in [2.75, 3.05) is 13.1 Å². The molecule has 3 heterocycles. The molecule has 0 saturated carbocycles. The van der Waals surface area contributed by atoms with E-state index in [1.165, 1.54) is 0 Å². The lowest BCUT2D eigenvalue weighted by Gasteiger charge is -2.27. The highest BCUT2D eigenvalue weighted by atomic mass is 32.1. The lowest BCUT2D eigenvalue weighted by molar-refractivity contribution is 0.0675. The molecule has 0 radical (unpaired) electrons. The van der Waals surface area contributed by atoms with Crippen LogP contribution in [0.3, 0.4) is 0 Å². The lowest BCUT2D eigenvalue weighted by atomic mass is 10.1. The average Bonchev–Trinajstić information content (AvgIpc) is 2.92. The number of thiazole rings is 1. The number of amides is 1. The summed E-state index contributed by atoms with van der Waals surface area (Å²) in [5.41, 5.74) is 0.657. The summed E-state index contributed by atoms with van der Waals surface area (Å²) in [5, 5.41) is 6.46. The van der Waals surface area contributed by atoms with Crippen LogP contribution in [0, 0.1) is 5.92 Å². The minimum Gasteiger partial charge on any atom is -0.330 e. The Kier molecular flexibility index (Phi) is 4.08. The fourth-order valence-corrected chi connectivity index (χ4v) is 4.28. The molecule has 2 aliphatic heterocycles. The molecule has 0 aliphatic carbocycles. The van der Waals surface area contributed by atoms with E-state index in [1.807, 2.05) is 5.38 Å². The first kappa shape index (κ1) is 14.0. The molecule has 5 heteroatoms. The number of carbonyl (C=O) groups is 1. The van der Waals surface area contributed by atoms with Gasteiger partial charge in [-0.25, -0.2) is 4.98 Å². The maximum atomic E-state index is 12.8. The highest BCUT2D eigenvalue weighted by Crippen LogP contribution is 2.30. The molecule has 1 N–H and O–H groups in total. The quantitative estimate of drug-likeness (QED) is 0.930. The van der Waals surface area contributed by atoms with Crippen molar-refractivity contribution in [3.05, 3.63) is 16.1 Å². The number of aromatic nitrogens is 1. The first-order chi connectivity index (χ1) is 9.65. The third kappa shape index (κ3) is 2.74. The fourth-order valence-electron chi connectivity index (χ4n) is 3.30. The summed E-state index contributed by atoms with van der Waals surface area (Å²) in [5.74, 6) is 0.732. The second kappa shape index (κ2) is 5.82. The third-order valence-corrected chi connectivity index (χ3v) is 5.11. The number of hydrogen-bond acceptors (Lipinski definition) is 4. The molecule has 1 aromatic heterocycles. The minimum atomic E-state index is 0.146. The van der Waals surface area contributed by atoms with Crippen LogP contribution in [0.25, 0.3) is 0 Å². The average molecular weight is 293 g/mol. The highest BCUT2D eigenvalue weighted by Gasteiger charge is 2.38. The van der Waals surface area contributed by atoms with Crippen molar-refractivity contribution in [1.29, 1.82) is 0 Å². The van der Waals surface area contributed by atoms with Crippen molar-refractivity contribution in [3.63, 3.8) is 0 Å². The predicted molar refractivity (Wildman–Crippen MR) is 81.1 cm³/mol. The number of rotatable bonds is 3. The van der Waals surface area contributed by atoms with Crippen LogP contribution in [0.4, 0.5) is 0 Å². The van der Waals surface area contributed by atoms with Gasteiger partial charge in [-0.2, -0.15) is 0 Å². The molecule has 2 saturated heterocycles. The maximum absolute atomic E-state index is 12.8. The van der Waals surface area contributed by atoms with Crippen molar-refractivity contribution in [2.24, 2.45) is 5.92 Å². The molecular weight excluding hydrogens is 270 g/mol. The molecule has 1 amide bonds. The van der Waals surface area contributed by atoms with Crippen molar-refractivity contribution < 1.29 is 4.79 Å². The molecule has 0 spiro atoms. The molecule has 2 unspecified atom stereocenters. The van der Waals surface area contributed by atoms with E-state index in [0.29, 0.717) is 23.7 Å². The number of carbonyl (C=O) groups excluding carboxylic acids is 1. The number of hydrogen-bond donors (Lipinski definition) is 1. The second-order valence-corrected chi connectivity index (χ2v) is 7.26. The van der Waals surface area contributed by atoms with E-state index < -0.39 is 0 Å². The second-order valence-electron chi connectivity index (χ2n) is 6.31. The number of nitrogens with zero attached hydrogens (tertiary/aromatic N) is 2. The van der Waals surface area contributed by atoms with Crippen LogP contribution in [0.15, 0.2) is 5.38 Å². The molecule has 110 valence electrons. The Morgan fingerprint density at radius 3 is 3.05 bits per heavy atom. The standard InChI is InChI=1S/C15H23N3OS/c1-10(2)7-14-17-13(9-20-14)15(19)18-11-3-4-12(18)8-16-6-5-11/h9-12,16H,3-8H2,1-2H3. The molecule has 1 aromatic rings. The van der Waals surface area contributed by atoms with E-state index in [0.717, 1.165) is 43.8 Å². The van der Waals surface area contributed by atoms with Gasteiger partial charge in [-0.1, -0.05) is 13.8 Å². The topological polar surface area (TPSA) is 45.2 Å². The van der Waals surface area contributed by atoms with Gasteiger partial charge in [0.1, 0.15) is 5.69 Å². The summed E-state index contributed by atoms with van der Waals surface area (Å²) in [6.07, 6.45) is 4.32. The monoisotopic (exact) mass is 293 g/mol. The van der Waals surface area contributed by atoms with E-state index in [9.17, 15) is 4.79 Å². The van der Waals surface area contributed by atoms with E-state index in [4.69, 9.17) is 0 Å². The smallest absolute Gasteiger partial charge is 0.273 e. The van der Waals surface area contributed by atoms with Crippen LogP contribution in [0.5, 0.6) is 0 Å². The van der Waals surface area contributed by atoms with Gasteiger partial charge in [-0.3, -0.25) is 4.79 Å². The van der Waals surface area contributed by atoms with Gasteiger partial charge < -0.3 is 10.2 Å². The summed E-state index contributed by atoms with van der Waals surface area (Å²) in [4.78, 5) is 19.4. The van der Waals surface area contributed by atoms with Gasteiger partial charge in [0.05, 0.1) is 5.01 Å². The molecule has 2 bridgehead atoms. The van der Waals surface area contributed by atoms with E-state index in [2.05, 4.69) is 29.0 Å². The molecule has 2 aliphatic rings. The van der Waals surface area contributed by atoms with E-state index >= 15 is 0 Å². The first-order valence-corrected chi connectivity index (χ1v) is 8.51. The molecule has 20 heavy (non-hydrogen) atoms. The van der Waals surface area contributed by atoms with Gasteiger partial charge in [-0.15, -0.1) is 11.3 Å². The van der Waals surface area contributed by atoms with Crippen LogP contribution in [0.2, 0.25) is 0 Å². The Labute approximate surface area is 124 Å². The molecular formula is C15H23N3OS. The van der Waals surface area contributed by atoms with Crippen LogP contribution < -0.4 is 5.32 Å². The lowest BCUT2D eigenvalue weighted by Crippen LogP contribution is -2.42. The SMILES string of the molecule is CC(C)Cc1nc(C(=O)N2C3CCNCC2CC3)cs1. The normalized spacial score (nSPS) is 26.1. The van der Waals surface area contributed by atoms with Gasteiger partial charge in [0.15, 0.2) is 0 Å². The van der Waals surface area contributed by atoms with E-state index in [1.54, 1.807) is 11.3 Å². The zero-order valence-electron chi connectivity index (χ0n) is 12.3. The van der Waals surface area contributed by atoms with Crippen LogP contribution >= 0.6 is 11.3 Å². The first-order valence-electron chi connectivity index (χ1n) is 7.63. The molecule has 3 rings (SSSR count). The van der Waals surface area contributed by atoms with Gasteiger partial charge in [0.2, 0.25) is 0 Å². The zero-order chi connectivity index (χ0) is 14.1. The summed E-state index contributed by atoms with van der Waals surface area (Å²) < 4.78 is 0. The van der Waals surface area contributed by atoms with Crippen LogP contribution in [-0.2, 0) is 6.42 Å². The Hall–Kier alpha value is -0.940. The van der Waals surface area contributed by atoms with Crippen molar-refractivity contribution in [3.8, 4) is 0 Å². The van der Waals surface area contributed by atoms with Crippen molar-refractivity contribution in [1.82, 2.24) is 15.2 Å². The van der Waals surface area contributed by atoms with E-state index in [-0.39, 0.29) is 5.91 Å². The largest absolute Gasteiger partial charge is 0.330 e. The van der Waals surface area contributed by atoms with Gasteiger partial charge in [-0.05, 0) is 31.7 Å². The Balaban J connectivity index is 1.76. The zero-order valence-corrected chi connectivity index (χ0v) is 13.1. The van der Waals surface area contributed by atoms with Crippen LogP contribution in [0.1, 0.15) is 48.6 Å². The van der Waals surface area contributed by atoms with Crippen LogP contribution in [-0.4, -0.2) is 41.0 Å². The summed E-state index contributed by atoms with van der Waals surface area (Å²) in [7, 11) is 0. The summed E-state index contributed by atoms with van der Waals surface area (Å²) in [6, 6.07) is 0.781. The Bertz CT molecular complexity index is 471. The number of fused-ring (bicyclic) bond motifs is 2. The summed E-state index contributed by atoms with van der Waals surface area (Å²) in [6.45, 7) is 6.33.